The molecule has 0 bridgehead atoms. The standard InChI is InChI=1S/C15H17FN2O2S/c1-3-5-12(15-6-4-7-21-15)17-13-8-10(2)11(16)9-14(13)18(19)20/h4,6-9,12,17H,3,5H2,1-2H3. The van der Waals surface area contributed by atoms with Crippen molar-refractivity contribution >= 4 is 22.7 Å². The van der Waals surface area contributed by atoms with Gasteiger partial charge in [0.1, 0.15) is 11.5 Å². The van der Waals surface area contributed by atoms with Gasteiger partial charge in [-0.15, -0.1) is 11.3 Å². The summed E-state index contributed by atoms with van der Waals surface area (Å²) in [5, 5.41) is 16.3. The van der Waals surface area contributed by atoms with Crippen molar-refractivity contribution in [2.45, 2.75) is 32.7 Å². The van der Waals surface area contributed by atoms with Gasteiger partial charge in [0.05, 0.1) is 17.0 Å². The molecule has 21 heavy (non-hydrogen) atoms. The van der Waals surface area contributed by atoms with Gasteiger partial charge < -0.3 is 5.32 Å². The summed E-state index contributed by atoms with van der Waals surface area (Å²) in [6.07, 6.45) is 1.80. The number of nitrogens with one attached hydrogen (secondary N) is 1. The van der Waals surface area contributed by atoms with E-state index in [4.69, 9.17) is 0 Å². The predicted octanol–water partition coefficient (Wildman–Crippen LogP) is 5.06. The van der Waals surface area contributed by atoms with E-state index in [2.05, 4.69) is 12.2 Å². The van der Waals surface area contributed by atoms with Gasteiger partial charge >= 0.3 is 0 Å². The summed E-state index contributed by atoms with van der Waals surface area (Å²) in [6, 6.07) is 6.44. The first kappa shape index (κ1) is 15.4. The lowest BCUT2D eigenvalue weighted by Crippen LogP contribution is -2.11. The number of benzene rings is 1. The van der Waals surface area contributed by atoms with Gasteiger partial charge in [-0.3, -0.25) is 10.1 Å². The van der Waals surface area contributed by atoms with Crippen molar-refractivity contribution in [1.82, 2.24) is 0 Å². The monoisotopic (exact) mass is 308 g/mol. The van der Waals surface area contributed by atoms with Crippen molar-refractivity contribution in [2.75, 3.05) is 5.32 Å². The van der Waals surface area contributed by atoms with E-state index < -0.39 is 10.7 Å². The molecular formula is C15H17FN2O2S. The van der Waals surface area contributed by atoms with Crippen LogP contribution in [0.15, 0.2) is 29.6 Å². The van der Waals surface area contributed by atoms with Crippen LogP contribution in [0.5, 0.6) is 0 Å². The minimum absolute atomic E-state index is 0.00133. The minimum atomic E-state index is -0.560. The molecule has 1 unspecified atom stereocenters. The second-order valence-corrected chi connectivity index (χ2v) is 5.86. The summed E-state index contributed by atoms with van der Waals surface area (Å²) in [5.41, 5.74) is 0.533. The second-order valence-electron chi connectivity index (χ2n) is 4.88. The quantitative estimate of drug-likeness (QED) is 0.599. The van der Waals surface area contributed by atoms with Crippen molar-refractivity contribution in [1.29, 1.82) is 0 Å². The van der Waals surface area contributed by atoms with E-state index in [-0.39, 0.29) is 11.7 Å². The summed E-state index contributed by atoms with van der Waals surface area (Å²) in [5.74, 6) is -0.560. The Balaban J connectivity index is 2.36. The Morgan fingerprint density at radius 3 is 2.81 bits per heavy atom. The van der Waals surface area contributed by atoms with Crippen molar-refractivity contribution in [3.63, 3.8) is 0 Å². The fourth-order valence-corrected chi connectivity index (χ4v) is 3.00. The Bertz CT molecular complexity index is 629. The highest BCUT2D eigenvalue weighted by atomic mass is 32.1. The molecule has 0 fully saturated rings. The predicted molar refractivity (Wildman–Crippen MR) is 83.4 cm³/mol. The van der Waals surface area contributed by atoms with Crippen LogP contribution in [-0.4, -0.2) is 4.92 Å². The number of nitrogens with zero attached hydrogens (tertiary/aromatic N) is 1. The Morgan fingerprint density at radius 1 is 1.48 bits per heavy atom. The highest BCUT2D eigenvalue weighted by Gasteiger charge is 2.20. The van der Waals surface area contributed by atoms with Crippen LogP contribution < -0.4 is 5.32 Å². The molecule has 0 saturated heterocycles. The summed E-state index contributed by atoms with van der Waals surface area (Å²) in [7, 11) is 0. The van der Waals surface area contributed by atoms with Gasteiger partial charge in [0.15, 0.2) is 0 Å². The first-order valence-corrected chi connectivity index (χ1v) is 7.65. The molecule has 112 valence electrons. The number of hydrogen-bond acceptors (Lipinski definition) is 4. The largest absolute Gasteiger partial charge is 0.372 e. The van der Waals surface area contributed by atoms with Gasteiger partial charge in [-0.05, 0) is 36.4 Å². The Morgan fingerprint density at radius 2 is 2.24 bits per heavy atom. The van der Waals surface area contributed by atoms with E-state index in [0.717, 1.165) is 23.8 Å². The number of anilines is 1. The van der Waals surface area contributed by atoms with Gasteiger partial charge in [0.25, 0.3) is 5.69 Å². The molecule has 0 spiro atoms. The summed E-state index contributed by atoms with van der Waals surface area (Å²) < 4.78 is 13.5. The van der Waals surface area contributed by atoms with E-state index in [1.165, 1.54) is 6.07 Å². The molecule has 0 aliphatic rings. The van der Waals surface area contributed by atoms with E-state index in [0.29, 0.717) is 11.3 Å². The lowest BCUT2D eigenvalue weighted by Gasteiger charge is -2.18. The molecule has 6 heteroatoms. The molecule has 0 aliphatic carbocycles. The molecule has 1 aromatic heterocycles. The first-order valence-electron chi connectivity index (χ1n) is 6.77. The molecule has 0 saturated carbocycles. The third-order valence-corrected chi connectivity index (χ3v) is 4.25. The molecule has 4 nitrogen and oxygen atoms in total. The Hall–Kier alpha value is -1.95. The molecule has 1 N–H and O–H groups in total. The van der Waals surface area contributed by atoms with Crippen LogP contribution in [0.4, 0.5) is 15.8 Å². The van der Waals surface area contributed by atoms with Crippen molar-refractivity contribution in [2.24, 2.45) is 0 Å². The van der Waals surface area contributed by atoms with Crippen LogP contribution in [0, 0.1) is 22.9 Å². The summed E-state index contributed by atoms with van der Waals surface area (Å²) in [4.78, 5) is 11.7. The first-order chi connectivity index (χ1) is 10.0. The van der Waals surface area contributed by atoms with Crippen LogP contribution in [0.2, 0.25) is 0 Å². The van der Waals surface area contributed by atoms with E-state index >= 15 is 0 Å². The summed E-state index contributed by atoms with van der Waals surface area (Å²) >= 11 is 1.61. The van der Waals surface area contributed by atoms with Gasteiger partial charge in [-0.1, -0.05) is 19.4 Å². The number of rotatable bonds is 6. The third-order valence-electron chi connectivity index (χ3n) is 3.27. The fourth-order valence-electron chi connectivity index (χ4n) is 2.19. The van der Waals surface area contributed by atoms with Gasteiger partial charge in [-0.25, -0.2) is 4.39 Å². The highest BCUT2D eigenvalue weighted by molar-refractivity contribution is 7.10. The number of halogens is 1. The average Bonchev–Trinajstić information content (AvgIpc) is 2.95. The summed E-state index contributed by atoms with van der Waals surface area (Å²) in [6.45, 7) is 3.66. The zero-order valence-corrected chi connectivity index (χ0v) is 12.7. The number of hydrogen-bond donors (Lipinski definition) is 1. The molecule has 0 aliphatic heterocycles. The molecule has 0 radical (unpaired) electrons. The van der Waals surface area contributed by atoms with E-state index in [9.17, 15) is 14.5 Å². The van der Waals surface area contributed by atoms with Crippen LogP contribution in [0.25, 0.3) is 0 Å². The molecule has 2 rings (SSSR count). The van der Waals surface area contributed by atoms with Crippen molar-refractivity contribution in [3.8, 4) is 0 Å². The number of thiophene rings is 1. The van der Waals surface area contributed by atoms with E-state index in [1.807, 2.05) is 17.5 Å². The number of nitro benzene ring substituents is 1. The lowest BCUT2D eigenvalue weighted by molar-refractivity contribution is -0.384. The zero-order valence-electron chi connectivity index (χ0n) is 11.9. The highest BCUT2D eigenvalue weighted by Crippen LogP contribution is 2.33. The number of nitro groups is 1. The Kier molecular flexibility index (Phi) is 4.90. The van der Waals surface area contributed by atoms with Gasteiger partial charge in [0.2, 0.25) is 0 Å². The Labute approximate surface area is 126 Å². The maximum Gasteiger partial charge on any atom is 0.295 e. The molecule has 2 aromatic rings. The lowest BCUT2D eigenvalue weighted by atomic mass is 10.1. The smallest absolute Gasteiger partial charge is 0.295 e. The van der Waals surface area contributed by atoms with Crippen molar-refractivity contribution < 1.29 is 9.31 Å². The third kappa shape index (κ3) is 3.58. The topological polar surface area (TPSA) is 55.2 Å². The van der Waals surface area contributed by atoms with Crippen LogP contribution in [0.1, 0.15) is 36.2 Å². The van der Waals surface area contributed by atoms with Crippen LogP contribution in [-0.2, 0) is 0 Å². The average molecular weight is 308 g/mol. The maximum atomic E-state index is 13.5. The molecule has 0 amide bonds. The van der Waals surface area contributed by atoms with E-state index in [1.54, 1.807) is 18.3 Å². The molecule has 1 heterocycles. The van der Waals surface area contributed by atoms with Crippen LogP contribution >= 0.6 is 11.3 Å². The van der Waals surface area contributed by atoms with Crippen LogP contribution in [0.3, 0.4) is 0 Å². The van der Waals surface area contributed by atoms with Gasteiger partial charge in [0, 0.05) is 4.88 Å². The normalized spacial score (nSPS) is 12.1. The molecule has 1 aromatic carbocycles. The maximum absolute atomic E-state index is 13.5. The molecule has 1 atom stereocenters. The second kappa shape index (κ2) is 6.67. The molecular weight excluding hydrogens is 291 g/mol. The minimum Gasteiger partial charge on any atom is -0.372 e. The van der Waals surface area contributed by atoms with Crippen molar-refractivity contribution in [3.05, 3.63) is 56.0 Å². The van der Waals surface area contributed by atoms with Gasteiger partial charge in [-0.2, -0.15) is 0 Å². The fraction of sp³-hybridized carbons (Fsp3) is 0.333. The SMILES string of the molecule is CCCC(Nc1cc(C)c(F)cc1[N+](=O)[O-])c1cccs1. The zero-order chi connectivity index (χ0) is 15.4. The number of aryl methyl sites for hydroxylation is 1.